The smallest absolute Gasteiger partial charge is 0.319 e. The average molecular weight is 143 g/mol. The van der Waals surface area contributed by atoms with Gasteiger partial charge in [-0.25, -0.2) is 4.79 Å². The average Bonchev–Trinajstić information content (AvgIpc) is 1.59. The summed E-state index contributed by atoms with van der Waals surface area (Å²) in [5.74, 6) is -0.388. The summed E-state index contributed by atoms with van der Waals surface area (Å²) in [4.78, 5) is 14.5. The SMILES string of the molecule is CC(=O)O/N=C/C(C)(C)C. The molecule has 0 heterocycles. The quantitative estimate of drug-likeness (QED) is 0.317. The molecule has 0 rings (SSSR count). The van der Waals surface area contributed by atoms with E-state index in [0.717, 1.165) is 0 Å². The van der Waals surface area contributed by atoms with E-state index in [1.165, 1.54) is 6.92 Å². The van der Waals surface area contributed by atoms with Crippen LogP contribution < -0.4 is 0 Å². The first kappa shape index (κ1) is 9.14. The summed E-state index contributed by atoms with van der Waals surface area (Å²) < 4.78 is 0. The lowest BCUT2D eigenvalue weighted by atomic mass is 10.00. The standard InChI is InChI=1S/C7H13NO2/c1-6(9)10-8-5-7(2,3)4/h5H,1-4H3/b8-5+. The molecule has 10 heavy (non-hydrogen) atoms. The van der Waals surface area contributed by atoms with Crippen LogP contribution in [0.4, 0.5) is 0 Å². The van der Waals surface area contributed by atoms with Gasteiger partial charge in [-0.05, 0) is 0 Å². The maximum Gasteiger partial charge on any atom is 0.331 e. The summed E-state index contributed by atoms with van der Waals surface area (Å²) in [6.07, 6.45) is 1.59. The largest absolute Gasteiger partial charge is 0.331 e. The van der Waals surface area contributed by atoms with Crippen LogP contribution in [0.2, 0.25) is 0 Å². The van der Waals surface area contributed by atoms with Gasteiger partial charge in [-0.15, -0.1) is 0 Å². The maximum absolute atomic E-state index is 10.2. The number of carbonyl (C=O) groups excluding carboxylic acids is 1. The van der Waals surface area contributed by atoms with Gasteiger partial charge in [0.15, 0.2) is 0 Å². The van der Waals surface area contributed by atoms with Crippen molar-refractivity contribution in [3.05, 3.63) is 0 Å². The van der Waals surface area contributed by atoms with Gasteiger partial charge >= 0.3 is 5.97 Å². The van der Waals surface area contributed by atoms with Crippen LogP contribution >= 0.6 is 0 Å². The third-order valence-electron chi connectivity index (χ3n) is 0.621. The summed E-state index contributed by atoms with van der Waals surface area (Å²) in [5, 5.41) is 3.47. The van der Waals surface area contributed by atoms with Crippen molar-refractivity contribution in [1.82, 2.24) is 0 Å². The second-order valence-corrected chi connectivity index (χ2v) is 3.18. The van der Waals surface area contributed by atoms with Crippen molar-refractivity contribution in [2.45, 2.75) is 27.7 Å². The minimum atomic E-state index is -0.388. The van der Waals surface area contributed by atoms with Crippen LogP contribution in [0, 0.1) is 5.41 Å². The highest BCUT2D eigenvalue weighted by molar-refractivity contribution is 5.68. The summed E-state index contributed by atoms with van der Waals surface area (Å²) in [7, 11) is 0. The van der Waals surface area contributed by atoms with Crippen molar-refractivity contribution in [2.75, 3.05) is 0 Å². The van der Waals surface area contributed by atoms with Crippen molar-refractivity contribution in [3.63, 3.8) is 0 Å². The van der Waals surface area contributed by atoms with Gasteiger partial charge in [-0.2, -0.15) is 0 Å². The Morgan fingerprint density at radius 1 is 1.50 bits per heavy atom. The van der Waals surface area contributed by atoms with Gasteiger partial charge in [0.1, 0.15) is 0 Å². The van der Waals surface area contributed by atoms with Crippen molar-refractivity contribution in [2.24, 2.45) is 10.6 Å². The molecular formula is C7H13NO2. The second-order valence-electron chi connectivity index (χ2n) is 3.18. The zero-order valence-electron chi connectivity index (χ0n) is 6.84. The third kappa shape index (κ3) is 7.14. The molecule has 0 aliphatic rings. The Balaban J connectivity index is 3.67. The van der Waals surface area contributed by atoms with Crippen molar-refractivity contribution in [1.29, 1.82) is 0 Å². The number of rotatable bonds is 1. The van der Waals surface area contributed by atoms with Crippen molar-refractivity contribution < 1.29 is 9.63 Å². The molecule has 58 valence electrons. The molecule has 0 aliphatic carbocycles. The highest BCUT2D eigenvalue weighted by Crippen LogP contribution is 2.07. The lowest BCUT2D eigenvalue weighted by molar-refractivity contribution is -0.140. The Kier molecular flexibility index (Phi) is 3.06. The molecule has 0 spiro atoms. The van der Waals surface area contributed by atoms with Crippen LogP contribution in [0.1, 0.15) is 27.7 Å². The fourth-order valence-electron chi connectivity index (χ4n) is 0.259. The van der Waals surface area contributed by atoms with E-state index < -0.39 is 0 Å². The first-order valence-electron chi connectivity index (χ1n) is 3.14. The molecule has 0 aromatic carbocycles. The summed E-state index contributed by atoms with van der Waals surface area (Å²) in [5.41, 5.74) is -0.0323. The Bertz CT molecular complexity index is 144. The molecule has 0 atom stereocenters. The van der Waals surface area contributed by atoms with Crippen LogP contribution in [0.5, 0.6) is 0 Å². The van der Waals surface area contributed by atoms with Gasteiger partial charge in [-0.3, -0.25) is 0 Å². The van der Waals surface area contributed by atoms with Gasteiger partial charge < -0.3 is 4.84 Å². The summed E-state index contributed by atoms with van der Waals surface area (Å²) in [6.45, 7) is 7.24. The minimum absolute atomic E-state index is 0.0323. The lowest BCUT2D eigenvalue weighted by Crippen LogP contribution is -2.07. The zero-order valence-corrected chi connectivity index (χ0v) is 6.84. The van der Waals surface area contributed by atoms with E-state index in [2.05, 4.69) is 9.99 Å². The van der Waals surface area contributed by atoms with Crippen molar-refractivity contribution in [3.8, 4) is 0 Å². The molecule has 0 N–H and O–H groups in total. The molecule has 0 saturated carbocycles. The van der Waals surface area contributed by atoms with Gasteiger partial charge in [-0.1, -0.05) is 25.9 Å². The van der Waals surface area contributed by atoms with Crippen LogP contribution in [0.3, 0.4) is 0 Å². The number of carbonyl (C=O) groups is 1. The van der Waals surface area contributed by atoms with Crippen LogP contribution in [0.25, 0.3) is 0 Å². The number of hydrogen-bond acceptors (Lipinski definition) is 3. The normalized spacial score (nSPS) is 12.0. The second kappa shape index (κ2) is 3.34. The monoisotopic (exact) mass is 143 g/mol. The molecule has 0 amide bonds. The molecule has 0 bridgehead atoms. The molecule has 3 nitrogen and oxygen atoms in total. The van der Waals surface area contributed by atoms with E-state index in [9.17, 15) is 4.79 Å². The van der Waals surface area contributed by atoms with E-state index in [-0.39, 0.29) is 11.4 Å². The molecule has 0 fully saturated rings. The molecular weight excluding hydrogens is 130 g/mol. The summed E-state index contributed by atoms with van der Waals surface area (Å²) in [6, 6.07) is 0. The fourth-order valence-corrected chi connectivity index (χ4v) is 0.259. The van der Waals surface area contributed by atoms with E-state index in [4.69, 9.17) is 0 Å². The predicted octanol–water partition coefficient (Wildman–Crippen LogP) is 1.58. The van der Waals surface area contributed by atoms with E-state index in [0.29, 0.717) is 0 Å². The Morgan fingerprint density at radius 2 is 2.00 bits per heavy atom. The van der Waals surface area contributed by atoms with Gasteiger partial charge in [0.25, 0.3) is 0 Å². The topological polar surface area (TPSA) is 38.7 Å². The number of nitrogens with zero attached hydrogens (tertiary/aromatic N) is 1. The highest BCUT2D eigenvalue weighted by Gasteiger charge is 2.05. The van der Waals surface area contributed by atoms with Gasteiger partial charge in [0, 0.05) is 18.6 Å². The first-order valence-corrected chi connectivity index (χ1v) is 3.14. The molecule has 0 unspecified atom stereocenters. The highest BCUT2D eigenvalue weighted by atomic mass is 16.7. The predicted molar refractivity (Wildman–Crippen MR) is 39.7 cm³/mol. The molecule has 0 aliphatic heterocycles. The summed E-state index contributed by atoms with van der Waals surface area (Å²) >= 11 is 0. The van der Waals surface area contributed by atoms with Crippen molar-refractivity contribution >= 4 is 12.2 Å². The Hall–Kier alpha value is -0.860. The number of oxime groups is 1. The van der Waals surface area contributed by atoms with E-state index in [1.54, 1.807) is 6.21 Å². The van der Waals surface area contributed by atoms with Crippen LogP contribution in [0.15, 0.2) is 5.16 Å². The maximum atomic E-state index is 10.2. The van der Waals surface area contributed by atoms with Gasteiger partial charge in [0.2, 0.25) is 0 Å². The van der Waals surface area contributed by atoms with E-state index >= 15 is 0 Å². The number of hydrogen-bond donors (Lipinski definition) is 0. The Morgan fingerprint density at radius 3 is 2.30 bits per heavy atom. The molecule has 0 radical (unpaired) electrons. The van der Waals surface area contributed by atoms with Crippen LogP contribution in [-0.4, -0.2) is 12.2 Å². The first-order chi connectivity index (χ1) is 4.42. The zero-order chi connectivity index (χ0) is 8.20. The molecule has 3 heteroatoms. The minimum Gasteiger partial charge on any atom is -0.319 e. The van der Waals surface area contributed by atoms with Crippen LogP contribution in [-0.2, 0) is 9.63 Å². The molecule has 0 aromatic rings. The fraction of sp³-hybridized carbons (Fsp3) is 0.714. The van der Waals surface area contributed by atoms with Gasteiger partial charge in [0.05, 0.1) is 0 Å². The van der Waals surface area contributed by atoms with E-state index in [1.807, 2.05) is 20.8 Å². The third-order valence-corrected chi connectivity index (χ3v) is 0.621. The Labute approximate surface area is 61.1 Å². The lowest BCUT2D eigenvalue weighted by Gasteiger charge is -2.08. The molecule has 0 aromatic heterocycles. The molecule has 0 saturated heterocycles.